The predicted octanol–water partition coefficient (Wildman–Crippen LogP) is 5.15. The first kappa shape index (κ1) is 11.6. The van der Waals surface area contributed by atoms with Crippen LogP contribution in [0.5, 0.6) is 0 Å². The second-order valence-corrected chi connectivity index (χ2v) is 8.75. The van der Waals surface area contributed by atoms with Crippen LogP contribution < -0.4 is 0 Å². The third-order valence-corrected chi connectivity index (χ3v) is 7.09. The number of halogens is 4. The van der Waals surface area contributed by atoms with Crippen molar-refractivity contribution in [3.8, 4) is 0 Å². The van der Waals surface area contributed by atoms with Crippen molar-refractivity contribution in [1.82, 2.24) is 0 Å². The highest BCUT2D eigenvalue weighted by Crippen LogP contribution is 2.64. The van der Waals surface area contributed by atoms with Crippen molar-refractivity contribution >= 4 is 69.9 Å². The Morgan fingerprint density at radius 1 is 0.786 bits per heavy atom. The Morgan fingerprint density at radius 2 is 1.14 bits per heavy atom. The Morgan fingerprint density at radius 3 is 1.50 bits per heavy atom. The number of hydrogen-bond donors (Lipinski definition) is 0. The average Bonchev–Trinajstić information content (AvgIpc) is 2.05. The third-order valence-electron chi connectivity index (χ3n) is 1.66. The van der Waals surface area contributed by atoms with Gasteiger partial charge in [0, 0.05) is 9.79 Å². The van der Waals surface area contributed by atoms with Gasteiger partial charge in [-0.05, 0) is 12.1 Å². The maximum Gasteiger partial charge on any atom is 0.210 e. The monoisotopic (exact) mass is 304 g/mol. The van der Waals surface area contributed by atoms with E-state index in [0.717, 1.165) is 9.79 Å². The molecule has 0 unspecified atom stereocenters. The first-order valence-electron chi connectivity index (χ1n) is 3.65. The van der Waals surface area contributed by atoms with Gasteiger partial charge in [-0.1, -0.05) is 82.1 Å². The Labute approximate surface area is 111 Å². The molecule has 0 bridgehead atoms. The fourth-order valence-electron chi connectivity index (χ4n) is 1.01. The summed E-state index contributed by atoms with van der Waals surface area (Å²) in [5, 5.41) is 0. The average molecular weight is 306 g/mol. The molecule has 14 heavy (non-hydrogen) atoms. The van der Waals surface area contributed by atoms with Crippen LogP contribution in [-0.2, 0) is 0 Å². The molecule has 0 N–H and O–H groups in total. The normalized spacial score (nSPS) is 22.9. The van der Waals surface area contributed by atoms with Gasteiger partial charge in [0.2, 0.25) is 7.33 Å². The minimum absolute atomic E-state index is 0.999. The zero-order valence-corrected chi connectivity index (χ0v) is 11.3. The molecular formula is C8H4Cl4S2. The molecule has 6 heteroatoms. The summed E-state index contributed by atoms with van der Waals surface area (Å²) in [6.07, 6.45) is 0. The predicted molar refractivity (Wildman–Crippen MR) is 67.0 cm³/mol. The highest BCUT2D eigenvalue weighted by atomic mass is 35.5. The molecule has 1 aliphatic heterocycles. The molecular weight excluding hydrogens is 302 g/mol. The molecule has 0 radical (unpaired) electrons. The molecule has 0 saturated heterocycles. The van der Waals surface area contributed by atoms with Gasteiger partial charge in [-0.25, -0.2) is 0 Å². The zero-order valence-electron chi connectivity index (χ0n) is 6.64. The van der Waals surface area contributed by atoms with Gasteiger partial charge >= 0.3 is 0 Å². The zero-order chi connectivity index (χ0) is 10.4. The maximum atomic E-state index is 6.04. The van der Waals surface area contributed by atoms with Crippen LogP contribution in [-0.4, -0.2) is 7.33 Å². The number of rotatable bonds is 0. The van der Waals surface area contributed by atoms with Crippen LogP contribution in [0, 0.1) is 0 Å². The van der Waals surface area contributed by atoms with Crippen LogP contribution in [0.1, 0.15) is 0 Å². The van der Waals surface area contributed by atoms with Gasteiger partial charge in [0.25, 0.3) is 0 Å². The molecule has 0 atom stereocenters. The van der Waals surface area contributed by atoms with E-state index in [1.807, 2.05) is 24.3 Å². The van der Waals surface area contributed by atoms with Crippen molar-refractivity contribution in [2.45, 2.75) is 17.1 Å². The molecule has 2 rings (SSSR count). The summed E-state index contributed by atoms with van der Waals surface area (Å²) >= 11 is 26.7. The lowest BCUT2D eigenvalue weighted by molar-refractivity contribution is 1.07. The lowest BCUT2D eigenvalue weighted by Gasteiger charge is -2.36. The quantitative estimate of drug-likeness (QED) is 0.608. The van der Waals surface area contributed by atoms with Gasteiger partial charge in [-0.2, -0.15) is 0 Å². The van der Waals surface area contributed by atoms with E-state index in [1.54, 1.807) is 0 Å². The highest BCUT2D eigenvalue weighted by molar-refractivity contribution is 8.11. The minimum Gasteiger partial charge on any atom is -0.0846 e. The number of thioether (sulfide) groups is 2. The van der Waals surface area contributed by atoms with Crippen LogP contribution in [0.15, 0.2) is 34.1 Å². The summed E-state index contributed by atoms with van der Waals surface area (Å²) in [7, 11) is 0. The third kappa shape index (κ3) is 1.98. The van der Waals surface area contributed by atoms with E-state index in [0.29, 0.717) is 0 Å². The van der Waals surface area contributed by atoms with Crippen LogP contribution in [0.4, 0.5) is 0 Å². The van der Waals surface area contributed by atoms with E-state index in [9.17, 15) is 0 Å². The summed E-state index contributed by atoms with van der Waals surface area (Å²) in [4.78, 5) is 2.00. The lowest BCUT2D eigenvalue weighted by Crippen LogP contribution is -2.32. The van der Waals surface area contributed by atoms with E-state index >= 15 is 0 Å². The van der Waals surface area contributed by atoms with Gasteiger partial charge in [0.1, 0.15) is 0 Å². The number of hydrogen-bond acceptors (Lipinski definition) is 2. The van der Waals surface area contributed by atoms with E-state index in [4.69, 9.17) is 46.4 Å². The van der Waals surface area contributed by atoms with E-state index in [1.165, 1.54) is 23.5 Å². The molecule has 0 nitrogen and oxygen atoms in total. The molecule has 0 fully saturated rings. The summed E-state index contributed by atoms with van der Waals surface area (Å²) in [6.45, 7) is 0. The molecule has 1 aromatic rings. The smallest absolute Gasteiger partial charge is 0.0846 e. The summed E-state index contributed by atoms with van der Waals surface area (Å²) in [5.41, 5.74) is 0. The van der Waals surface area contributed by atoms with Gasteiger partial charge in [0.15, 0.2) is 0 Å². The fraction of sp³-hybridized carbons (Fsp3) is 0.250. The van der Waals surface area contributed by atoms with Crippen LogP contribution >= 0.6 is 69.9 Å². The largest absolute Gasteiger partial charge is 0.210 e. The highest BCUT2D eigenvalue weighted by Gasteiger charge is 2.52. The molecule has 0 aliphatic carbocycles. The number of alkyl halides is 4. The number of benzene rings is 1. The standard InChI is InChI=1S/C8H4Cl4S2/c9-7(10)8(11,12)14-6-4-2-1-3-5(6)13-7/h1-4H. The second-order valence-electron chi connectivity index (χ2n) is 2.68. The van der Waals surface area contributed by atoms with Crippen LogP contribution in [0.3, 0.4) is 0 Å². The van der Waals surface area contributed by atoms with Gasteiger partial charge in [0.05, 0.1) is 0 Å². The topological polar surface area (TPSA) is 0 Å². The summed E-state index contributed by atoms with van der Waals surface area (Å²) in [5.74, 6) is 0. The van der Waals surface area contributed by atoms with Crippen LogP contribution in [0.2, 0.25) is 0 Å². The van der Waals surface area contributed by atoms with Gasteiger partial charge < -0.3 is 0 Å². The van der Waals surface area contributed by atoms with Crippen molar-refractivity contribution in [2.24, 2.45) is 0 Å². The Hall–Kier alpha value is 1.08. The van der Waals surface area contributed by atoms with E-state index in [2.05, 4.69) is 0 Å². The SMILES string of the molecule is ClC1(Cl)Sc2ccccc2SC1(Cl)Cl. The molecule has 0 saturated carbocycles. The molecule has 1 aliphatic rings. The van der Waals surface area contributed by atoms with Crippen molar-refractivity contribution in [2.75, 3.05) is 0 Å². The van der Waals surface area contributed by atoms with Crippen molar-refractivity contribution in [3.05, 3.63) is 24.3 Å². The fourth-order valence-corrected chi connectivity index (χ4v) is 4.39. The summed E-state index contributed by atoms with van der Waals surface area (Å²) in [6, 6.07) is 7.72. The lowest BCUT2D eigenvalue weighted by atomic mass is 10.4. The van der Waals surface area contributed by atoms with Crippen molar-refractivity contribution in [3.63, 3.8) is 0 Å². The molecule has 0 spiro atoms. The Balaban J connectivity index is 2.46. The van der Waals surface area contributed by atoms with E-state index < -0.39 is 7.33 Å². The van der Waals surface area contributed by atoms with Gasteiger partial charge in [-0.15, -0.1) is 0 Å². The van der Waals surface area contributed by atoms with Crippen LogP contribution in [0.25, 0.3) is 0 Å². The second kappa shape index (κ2) is 3.83. The van der Waals surface area contributed by atoms with Crippen molar-refractivity contribution < 1.29 is 0 Å². The Bertz CT molecular complexity index is 329. The first-order chi connectivity index (χ1) is 6.42. The van der Waals surface area contributed by atoms with E-state index in [-0.39, 0.29) is 0 Å². The Kier molecular flexibility index (Phi) is 3.16. The van der Waals surface area contributed by atoms with Crippen molar-refractivity contribution in [1.29, 1.82) is 0 Å². The molecule has 1 heterocycles. The number of fused-ring (bicyclic) bond motifs is 1. The maximum absolute atomic E-state index is 6.04. The molecule has 0 amide bonds. The molecule has 76 valence electrons. The molecule has 1 aromatic carbocycles. The van der Waals surface area contributed by atoms with Gasteiger partial charge in [-0.3, -0.25) is 0 Å². The molecule has 0 aromatic heterocycles. The summed E-state index contributed by atoms with van der Waals surface area (Å²) < 4.78 is -2.45. The minimum atomic E-state index is -1.23. The first-order valence-corrected chi connectivity index (χ1v) is 6.79.